The van der Waals surface area contributed by atoms with Crippen LogP contribution in [0, 0.1) is 11.6 Å². The Balaban J connectivity index is 2.50. The molecule has 0 aliphatic heterocycles. The lowest BCUT2D eigenvalue weighted by molar-refractivity contribution is 0.479. The summed E-state index contributed by atoms with van der Waals surface area (Å²) in [5.41, 5.74) is 6.54. The molecule has 1 aromatic carbocycles. The van der Waals surface area contributed by atoms with E-state index in [-0.39, 0.29) is 17.3 Å². The second-order valence-corrected chi connectivity index (χ2v) is 4.29. The Labute approximate surface area is 104 Å². The Bertz CT molecular complexity index is 563. The van der Waals surface area contributed by atoms with Gasteiger partial charge in [-0.15, -0.1) is 0 Å². The van der Waals surface area contributed by atoms with Gasteiger partial charge in [0.25, 0.3) is 0 Å². The summed E-state index contributed by atoms with van der Waals surface area (Å²) in [7, 11) is 0. The molecule has 0 radical (unpaired) electrons. The van der Waals surface area contributed by atoms with E-state index in [4.69, 9.17) is 5.73 Å². The van der Waals surface area contributed by atoms with Crippen molar-refractivity contribution in [2.24, 2.45) is 0 Å². The molecule has 2 aromatic rings. The summed E-state index contributed by atoms with van der Waals surface area (Å²) < 4.78 is 28.5. The van der Waals surface area contributed by atoms with E-state index in [2.05, 4.69) is 5.10 Å². The summed E-state index contributed by atoms with van der Waals surface area (Å²) >= 11 is 0. The highest BCUT2D eigenvalue weighted by atomic mass is 19.1. The summed E-state index contributed by atoms with van der Waals surface area (Å²) in [6, 6.07) is 3.42. The van der Waals surface area contributed by atoms with E-state index in [0.717, 1.165) is 24.6 Å². The highest BCUT2D eigenvalue weighted by molar-refractivity contribution is 5.72. The first-order valence-electron chi connectivity index (χ1n) is 5.83. The van der Waals surface area contributed by atoms with Crippen LogP contribution in [-0.4, -0.2) is 9.78 Å². The van der Waals surface area contributed by atoms with Crippen LogP contribution in [-0.2, 0) is 0 Å². The van der Waals surface area contributed by atoms with E-state index in [1.165, 1.54) is 0 Å². The minimum atomic E-state index is -0.530. The molecule has 0 fully saturated rings. The molecule has 0 aliphatic carbocycles. The van der Waals surface area contributed by atoms with Crippen LogP contribution in [0.15, 0.2) is 24.4 Å². The van der Waals surface area contributed by atoms with Gasteiger partial charge in [0.2, 0.25) is 0 Å². The third-order valence-corrected chi connectivity index (χ3v) is 2.99. The third kappa shape index (κ3) is 2.20. The van der Waals surface area contributed by atoms with Gasteiger partial charge >= 0.3 is 0 Å². The summed E-state index contributed by atoms with van der Waals surface area (Å²) in [5, 5.41) is 4.24. The maximum atomic E-state index is 13.7. The SMILES string of the molecule is CCC(C)n1cc(N)c(-c2cc(F)ccc2F)n1. The number of benzene rings is 1. The summed E-state index contributed by atoms with van der Waals surface area (Å²) in [4.78, 5) is 0. The van der Waals surface area contributed by atoms with Crippen molar-refractivity contribution in [1.82, 2.24) is 9.78 Å². The molecular formula is C13H15F2N3. The summed E-state index contributed by atoms with van der Waals surface area (Å²) in [6.07, 6.45) is 2.53. The largest absolute Gasteiger partial charge is 0.396 e. The molecule has 0 aliphatic rings. The van der Waals surface area contributed by atoms with Gasteiger partial charge in [0.1, 0.15) is 17.3 Å². The topological polar surface area (TPSA) is 43.8 Å². The lowest BCUT2D eigenvalue weighted by Crippen LogP contribution is -2.04. The van der Waals surface area contributed by atoms with Crippen LogP contribution < -0.4 is 5.73 Å². The number of aromatic nitrogens is 2. The first kappa shape index (κ1) is 12.5. The van der Waals surface area contributed by atoms with Crippen LogP contribution in [0.1, 0.15) is 26.3 Å². The van der Waals surface area contributed by atoms with E-state index in [1.807, 2.05) is 13.8 Å². The highest BCUT2D eigenvalue weighted by Gasteiger charge is 2.15. The number of rotatable bonds is 3. The van der Waals surface area contributed by atoms with Crippen LogP contribution in [0.4, 0.5) is 14.5 Å². The first-order chi connectivity index (χ1) is 8.52. The van der Waals surface area contributed by atoms with Crippen LogP contribution in [0.5, 0.6) is 0 Å². The van der Waals surface area contributed by atoms with Crippen molar-refractivity contribution in [2.45, 2.75) is 26.3 Å². The Hall–Kier alpha value is -1.91. The van der Waals surface area contributed by atoms with Crippen LogP contribution in [0.2, 0.25) is 0 Å². The van der Waals surface area contributed by atoms with Gasteiger partial charge in [-0.05, 0) is 31.5 Å². The maximum Gasteiger partial charge on any atom is 0.132 e. The zero-order valence-corrected chi connectivity index (χ0v) is 10.3. The molecule has 2 rings (SSSR count). The number of nitrogens with two attached hydrogens (primary N) is 1. The Kier molecular flexibility index (Phi) is 3.32. The number of halogens is 2. The predicted octanol–water partition coefficient (Wildman–Crippen LogP) is 3.38. The zero-order valence-electron chi connectivity index (χ0n) is 10.3. The molecule has 5 heteroatoms. The van der Waals surface area contributed by atoms with Gasteiger partial charge in [-0.2, -0.15) is 5.10 Å². The lowest BCUT2D eigenvalue weighted by Gasteiger charge is -2.08. The molecule has 3 nitrogen and oxygen atoms in total. The van der Waals surface area contributed by atoms with Crippen molar-refractivity contribution in [1.29, 1.82) is 0 Å². The maximum absolute atomic E-state index is 13.7. The average molecular weight is 251 g/mol. The van der Waals surface area contributed by atoms with Gasteiger partial charge in [-0.1, -0.05) is 6.92 Å². The van der Waals surface area contributed by atoms with Gasteiger partial charge in [-0.3, -0.25) is 4.68 Å². The van der Waals surface area contributed by atoms with Gasteiger partial charge < -0.3 is 5.73 Å². The molecule has 96 valence electrons. The first-order valence-corrected chi connectivity index (χ1v) is 5.83. The fourth-order valence-electron chi connectivity index (χ4n) is 1.71. The molecule has 0 bridgehead atoms. The molecule has 1 heterocycles. The van der Waals surface area contributed by atoms with Crippen molar-refractivity contribution in [3.8, 4) is 11.3 Å². The quantitative estimate of drug-likeness (QED) is 0.908. The molecule has 0 amide bonds. The normalized spacial score (nSPS) is 12.7. The lowest BCUT2D eigenvalue weighted by atomic mass is 10.1. The molecule has 2 N–H and O–H groups in total. The van der Waals surface area contributed by atoms with E-state index in [9.17, 15) is 8.78 Å². The molecule has 1 atom stereocenters. The van der Waals surface area contributed by atoms with Crippen molar-refractivity contribution in [3.63, 3.8) is 0 Å². The molecule has 1 unspecified atom stereocenters. The summed E-state index contributed by atoms with van der Waals surface area (Å²) in [6.45, 7) is 4.00. The van der Waals surface area contributed by atoms with Crippen LogP contribution in [0.25, 0.3) is 11.3 Å². The van der Waals surface area contributed by atoms with E-state index in [0.29, 0.717) is 5.69 Å². The predicted molar refractivity (Wildman–Crippen MR) is 67.0 cm³/mol. The van der Waals surface area contributed by atoms with Crippen molar-refractivity contribution in [3.05, 3.63) is 36.0 Å². The Morgan fingerprint density at radius 1 is 1.39 bits per heavy atom. The van der Waals surface area contributed by atoms with Crippen molar-refractivity contribution < 1.29 is 8.78 Å². The molecular weight excluding hydrogens is 236 g/mol. The highest BCUT2D eigenvalue weighted by Crippen LogP contribution is 2.28. The van der Waals surface area contributed by atoms with Crippen molar-refractivity contribution >= 4 is 5.69 Å². The number of hydrogen-bond acceptors (Lipinski definition) is 2. The monoisotopic (exact) mass is 251 g/mol. The number of nitrogens with zero attached hydrogens (tertiary/aromatic N) is 2. The number of anilines is 1. The smallest absolute Gasteiger partial charge is 0.132 e. The average Bonchev–Trinajstić information content (AvgIpc) is 2.73. The number of hydrogen-bond donors (Lipinski definition) is 1. The second kappa shape index (κ2) is 4.76. The van der Waals surface area contributed by atoms with Gasteiger partial charge in [0, 0.05) is 17.8 Å². The number of nitrogen functional groups attached to an aromatic ring is 1. The fraction of sp³-hybridized carbons (Fsp3) is 0.308. The van der Waals surface area contributed by atoms with Crippen molar-refractivity contribution in [2.75, 3.05) is 5.73 Å². The summed E-state index contributed by atoms with van der Waals surface area (Å²) in [5.74, 6) is -1.04. The van der Waals surface area contributed by atoms with E-state index < -0.39 is 11.6 Å². The van der Waals surface area contributed by atoms with E-state index >= 15 is 0 Å². The molecule has 18 heavy (non-hydrogen) atoms. The molecule has 0 saturated heterocycles. The van der Waals surface area contributed by atoms with Crippen LogP contribution in [0.3, 0.4) is 0 Å². The third-order valence-electron chi connectivity index (χ3n) is 2.99. The Morgan fingerprint density at radius 2 is 2.11 bits per heavy atom. The van der Waals surface area contributed by atoms with Gasteiger partial charge in [0.15, 0.2) is 0 Å². The molecule has 0 saturated carbocycles. The van der Waals surface area contributed by atoms with E-state index in [1.54, 1.807) is 10.9 Å². The zero-order chi connectivity index (χ0) is 13.3. The second-order valence-electron chi connectivity index (χ2n) is 4.29. The van der Waals surface area contributed by atoms with Crippen LogP contribution >= 0.6 is 0 Å². The Morgan fingerprint density at radius 3 is 2.78 bits per heavy atom. The van der Waals surface area contributed by atoms with Gasteiger partial charge in [0.05, 0.1) is 5.69 Å². The fourth-order valence-corrected chi connectivity index (χ4v) is 1.71. The minimum absolute atomic E-state index is 0.0922. The van der Waals surface area contributed by atoms with Gasteiger partial charge in [-0.25, -0.2) is 8.78 Å². The molecule has 1 aromatic heterocycles. The minimum Gasteiger partial charge on any atom is -0.396 e. The molecule has 0 spiro atoms. The standard InChI is InChI=1S/C13H15F2N3/c1-3-8(2)18-7-12(16)13(17-18)10-6-9(14)4-5-11(10)15/h4-8H,3,16H2,1-2H3.